The number of hydrogen-bond acceptors (Lipinski definition) is 4. The SMILES string of the molecule is CCn1nc(C(=O)NC(C)c2cnn(-c3ccc(F)cc3)c2C)c2ccccc2c1=O. The minimum atomic E-state index is -0.375. The minimum Gasteiger partial charge on any atom is -0.344 e. The molecule has 1 amide bonds. The Kier molecular flexibility index (Phi) is 5.37. The molecule has 7 nitrogen and oxygen atoms in total. The molecule has 0 fully saturated rings. The van der Waals surface area contributed by atoms with E-state index in [1.54, 1.807) is 54.2 Å². The first-order valence-corrected chi connectivity index (χ1v) is 10.0. The zero-order chi connectivity index (χ0) is 22.1. The summed E-state index contributed by atoms with van der Waals surface area (Å²) < 4.78 is 16.2. The van der Waals surface area contributed by atoms with Crippen molar-refractivity contribution < 1.29 is 9.18 Å². The topological polar surface area (TPSA) is 81.8 Å². The third kappa shape index (κ3) is 3.72. The molecular weight excluding hydrogens is 397 g/mol. The Labute approximate surface area is 178 Å². The number of benzene rings is 2. The van der Waals surface area contributed by atoms with Crippen molar-refractivity contribution >= 4 is 16.7 Å². The van der Waals surface area contributed by atoms with Crippen molar-refractivity contribution in [1.82, 2.24) is 24.9 Å². The number of nitrogens with one attached hydrogen (secondary N) is 1. The molecule has 0 radical (unpaired) electrons. The number of fused-ring (bicyclic) bond motifs is 1. The fourth-order valence-corrected chi connectivity index (χ4v) is 3.65. The van der Waals surface area contributed by atoms with Gasteiger partial charge in [0.2, 0.25) is 0 Å². The van der Waals surface area contributed by atoms with Crippen LogP contribution >= 0.6 is 0 Å². The van der Waals surface area contributed by atoms with E-state index >= 15 is 0 Å². The fourth-order valence-electron chi connectivity index (χ4n) is 3.65. The molecule has 8 heteroatoms. The molecule has 0 spiro atoms. The van der Waals surface area contributed by atoms with Crippen LogP contribution in [0.5, 0.6) is 0 Å². The fraction of sp³-hybridized carbons (Fsp3) is 0.217. The molecule has 0 aliphatic rings. The van der Waals surface area contributed by atoms with Crippen molar-refractivity contribution in [3.05, 3.63) is 87.9 Å². The maximum atomic E-state index is 13.2. The van der Waals surface area contributed by atoms with Gasteiger partial charge in [-0.3, -0.25) is 9.59 Å². The molecule has 2 aromatic heterocycles. The molecule has 2 heterocycles. The molecule has 1 N–H and O–H groups in total. The van der Waals surface area contributed by atoms with Gasteiger partial charge in [-0.2, -0.15) is 10.2 Å². The highest BCUT2D eigenvalue weighted by molar-refractivity contribution is 6.04. The molecule has 0 saturated heterocycles. The number of hydrogen-bond donors (Lipinski definition) is 1. The monoisotopic (exact) mass is 419 g/mol. The zero-order valence-electron chi connectivity index (χ0n) is 17.5. The van der Waals surface area contributed by atoms with Crippen LogP contribution in [0, 0.1) is 12.7 Å². The molecule has 1 unspecified atom stereocenters. The van der Waals surface area contributed by atoms with Crippen LogP contribution in [-0.4, -0.2) is 25.5 Å². The minimum absolute atomic E-state index is 0.201. The smallest absolute Gasteiger partial charge is 0.274 e. The summed E-state index contributed by atoms with van der Waals surface area (Å²) in [5.74, 6) is -0.692. The summed E-state index contributed by atoms with van der Waals surface area (Å²) in [4.78, 5) is 25.6. The molecule has 158 valence electrons. The molecular formula is C23H22FN5O2. The molecule has 31 heavy (non-hydrogen) atoms. The van der Waals surface area contributed by atoms with Crippen LogP contribution in [-0.2, 0) is 6.54 Å². The Morgan fingerprint density at radius 2 is 1.81 bits per heavy atom. The summed E-state index contributed by atoms with van der Waals surface area (Å²) in [7, 11) is 0. The summed E-state index contributed by atoms with van der Waals surface area (Å²) in [5.41, 5.74) is 2.36. The van der Waals surface area contributed by atoms with Crippen LogP contribution in [0.1, 0.15) is 41.6 Å². The van der Waals surface area contributed by atoms with Crippen LogP contribution in [0.3, 0.4) is 0 Å². The number of aryl methyl sites for hydroxylation is 1. The van der Waals surface area contributed by atoms with E-state index in [2.05, 4.69) is 15.5 Å². The van der Waals surface area contributed by atoms with E-state index in [1.807, 2.05) is 13.8 Å². The Hall–Kier alpha value is -3.81. The van der Waals surface area contributed by atoms with Gasteiger partial charge in [0.15, 0.2) is 5.69 Å². The summed E-state index contributed by atoms with van der Waals surface area (Å²) >= 11 is 0. The molecule has 1 atom stereocenters. The molecule has 0 saturated carbocycles. The van der Waals surface area contributed by atoms with Gasteiger partial charge in [-0.1, -0.05) is 18.2 Å². The molecule has 0 aliphatic heterocycles. The van der Waals surface area contributed by atoms with E-state index in [1.165, 1.54) is 16.8 Å². The summed E-state index contributed by atoms with van der Waals surface area (Å²) in [6, 6.07) is 12.6. The average molecular weight is 419 g/mol. The van der Waals surface area contributed by atoms with Crippen molar-refractivity contribution in [3.63, 3.8) is 0 Å². The highest BCUT2D eigenvalue weighted by Crippen LogP contribution is 2.21. The number of amides is 1. The van der Waals surface area contributed by atoms with Gasteiger partial charge in [0.05, 0.1) is 23.3 Å². The predicted octanol–water partition coefficient (Wildman–Crippen LogP) is 3.54. The zero-order valence-corrected chi connectivity index (χ0v) is 17.5. The third-order valence-electron chi connectivity index (χ3n) is 5.32. The highest BCUT2D eigenvalue weighted by Gasteiger charge is 2.21. The maximum Gasteiger partial charge on any atom is 0.274 e. The second kappa shape index (κ2) is 8.14. The van der Waals surface area contributed by atoms with Crippen LogP contribution in [0.4, 0.5) is 4.39 Å². The van der Waals surface area contributed by atoms with Gasteiger partial charge < -0.3 is 5.32 Å². The highest BCUT2D eigenvalue weighted by atomic mass is 19.1. The van der Waals surface area contributed by atoms with Gasteiger partial charge in [-0.05, 0) is 51.1 Å². The van der Waals surface area contributed by atoms with Gasteiger partial charge in [-0.15, -0.1) is 0 Å². The number of nitrogens with zero attached hydrogens (tertiary/aromatic N) is 4. The van der Waals surface area contributed by atoms with Crippen molar-refractivity contribution in [2.45, 2.75) is 33.4 Å². The molecule has 4 aromatic rings. The van der Waals surface area contributed by atoms with Crippen LogP contribution in [0.2, 0.25) is 0 Å². The van der Waals surface area contributed by atoms with Crippen LogP contribution in [0.25, 0.3) is 16.5 Å². The van der Waals surface area contributed by atoms with Gasteiger partial charge in [-0.25, -0.2) is 13.8 Å². The van der Waals surface area contributed by atoms with E-state index in [9.17, 15) is 14.0 Å². The van der Waals surface area contributed by atoms with Gasteiger partial charge in [0, 0.05) is 23.2 Å². The van der Waals surface area contributed by atoms with Gasteiger partial charge in [0.1, 0.15) is 5.82 Å². The van der Waals surface area contributed by atoms with Crippen molar-refractivity contribution in [2.24, 2.45) is 0 Å². The van der Waals surface area contributed by atoms with E-state index in [0.29, 0.717) is 17.3 Å². The van der Waals surface area contributed by atoms with Crippen molar-refractivity contribution in [3.8, 4) is 5.69 Å². The lowest BCUT2D eigenvalue weighted by Gasteiger charge is -2.15. The lowest BCUT2D eigenvalue weighted by atomic mass is 10.1. The number of aromatic nitrogens is 4. The second-order valence-corrected chi connectivity index (χ2v) is 7.28. The Morgan fingerprint density at radius 3 is 2.48 bits per heavy atom. The Morgan fingerprint density at radius 1 is 1.13 bits per heavy atom. The standard InChI is InChI=1S/C23H22FN5O2/c1-4-28-23(31)19-8-6-5-7-18(19)21(27-28)22(30)26-14(2)20-13-25-29(15(20)3)17-11-9-16(24)10-12-17/h5-14H,4H2,1-3H3,(H,26,30). The van der Waals surface area contributed by atoms with E-state index in [-0.39, 0.29) is 29.0 Å². The Balaban J connectivity index is 1.65. The van der Waals surface area contributed by atoms with Crippen LogP contribution < -0.4 is 10.9 Å². The van der Waals surface area contributed by atoms with Crippen LogP contribution in [0.15, 0.2) is 59.5 Å². The molecule has 0 bridgehead atoms. The quantitative estimate of drug-likeness (QED) is 0.536. The predicted molar refractivity (Wildman–Crippen MR) is 116 cm³/mol. The number of halogens is 1. The van der Waals surface area contributed by atoms with Crippen molar-refractivity contribution in [1.29, 1.82) is 0 Å². The Bertz CT molecular complexity index is 1320. The number of rotatable bonds is 5. The molecule has 2 aromatic carbocycles. The van der Waals surface area contributed by atoms with Crippen molar-refractivity contribution in [2.75, 3.05) is 0 Å². The van der Waals surface area contributed by atoms with E-state index < -0.39 is 0 Å². The summed E-state index contributed by atoms with van der Waals surface area (Å²) in [6.45, 7) is 5.91. The summed E-state index contributed by atoms with van der Waals surface area (Å²) in [5, 5.41) is 12.6. The first kappa shape index (κ1) is 20.5. The number of carbonyl (C=O) groups is 1. The molecule has 0 aliphatic carbocycles. The average Bonchev–Trinajstić information content (AvgIpc) is 3.16. The molecule has 4 rings (SSSR count). The lowest BCUT2D eigenvalue weighted by Crippen LogP contribution is -2.32. The third-order valence-corrected chi connectivity index (χ3v) is 5.32. The van der Waals surface area contributed by atoms with Gasteiger partial charge >= 0.3 is 0 Å². The lowest BCUT2D eigenvalue weighted by molar-refractivity contribution is 0.0934. The van der Waals surface area contributed by atoms with E-state index in [0.717, 1.165) is 16.9 Å². The van der Waals surface area contributed by atoms with Gasteiger partial charge in [0.25, 0.3) is 11.5 Å². The second-order valence-electron chi connectivity index (χ2n) is 7.28. The largest absolute Gasteiger partial charge is 0.344 e. The normalized spacial score (nSPS) is 12.1. The number of carbonyl (C=O) groups excluding carboxylic acids is 1. The first-order chi connectivity index (χ1) is 14.9. The maximum absolute atomic E-state index is 13.2. The van der Waals surface area contributed by atoms with E-state index in [4.69, 9.17) is 0 Å². The summed E-state index contributed by atoms with van der Waals surface area (Å²) in [6.07, 6.45) is 1.68. The first-order valence-electron chi connectivity index (χ1n) is 10.0.